The molecule has 8 heteroatoms. The van der Waals surface area contributed by atoms with Crippen molar-refractivity contribution in [3.8, 4) is 0 Å². The molecule has 3 aliphatic rings. The van der Waals surface area contributed by atoms with Crippen LogP contribution in [0.5, 0.6) is 0 Å². The molecule has 2 fully saturated rings. The highest BCUT2D eigenvalue weighted by Gasteiger charge is 2.33. The lowest BCUT2D eigenvalue weighted by atomic mass is 9.97. The van der Waals surface area contributed by atoms with E-state index in [1.54, 1.807) is 19.3 Å². The number of piperazine rings is 1. The van der Waals surface area contributed by atoms with Gasteiger partial charge in [0.05, 0.1) is 25.1 Å². The number of nitrogens with one attached hydrogen (secondary N) is 2. The molecule has 0 spiro atoms. The monoisotopic (exact) mass is 437 g/mol. The van der Waals surface area contributed by atoms with E-state index in [1.165, 1.54) is 12.0 Å². The van der Waals surface area contributed by atoms with Crippen molar-refractivity contribution in [2.75, 3.05) is 44.7 Å². The third kappa shape index (κ3) is 4.17. The Morgan fingerprint density at radius 3 is 2.81 bits per heavy atom. The van der Waals surface area contributed by atoms with Crippen LogP contribution in [0.4, 0.5) is 5.69 Å². The number of hydrogen-bond acceptors (Lipinski definition) is 6. The van der Waals surface area contributed by atoms with Gasteiger partial charge in [0.15, 0.2) is 0 Å². The number of aromatic nitrogens is 2. The molecule has 0 bridgehead atoms. The van der Waals surface area contributed by atoms with Crippen LogP contribution >= 0.6 is 0 Å². The van der Waals surface area contributed by atoms with Crippen LogP contribution in [0.3, 0.4) is 0 Å². The lowest BCUT2D eigenvalue weighted by Gasteiger charge is -2.39. The number of aromatic amines is 1. The van der Waals surface area contributed by atoms with Crippen molar-refractivity contribution in [1.29, 1.82) is 0 Å². The van der Waals surface area contributed by atoms with E-state index in [2.05, 4.69) is 31.2 Å². The number of pyridine rings is 2. The van der Waals surface area contributed by atoms with Gasteiger partial charge in [0.1, 0.15) is 5.69 Å². The number of carbonyl (C=O) groups is 1. The number of carbonyl (C=O) groups excluding carboxylic acids is 1. The van der Waals surface area contributed by atoms with E-state index in [0.29, 0.717) is 30.9 Å². The Balaban J connectivity index is 1.18. The summed E-state index contributed by atoms with van der Waals surface area (Å²) in [4.78, 5) is 36.6. The molecular weight excluding hydrogens is 406 g/mol. The summed E-state index contributed by atoms with van der Waals surface area (Å²) in [5.74, 6) is 0.270. The highest BCUT2D eigenvalue weighted by Crippen LogP contribution is 2.37. The van der Waals surface area contributed by atoms with E-state index in [1.807, 2.05) is 6.07 Å². The van der Waals surface area contributed by atoms with Crippen molar-refractivity contribution >= 4 is 11.6 Å². The number of anilines is 1. The summed E-state index contributed by atoms with van der Waals surface area (Å²) in [6, 6.07) is 6.56. The summed E-state index contributed by atoms with van der Waals surface area (Å²) in [5.41, 5.74) is 4.63. The van der Waals surface area contributed by atoms with Crippen LogP contribution in [-0.4, -0.2) is 66.7 Å². The fourth-order valence-corrected chi connectivity index (χ4v) is 5.37. The average molecular weight is 438 g/mol. The molecule has 1 aliphatic carbocycles. The van der Waals surface area contributed by atoms with Gasteiger partial charge in [-0.05, 0) is 49.4 Å². The number of hydrogen-bond donors (Lipinski definition) is 2. The molecule has 170 valence electrons. The SMILES string of the molecule is CNC(=O)c1ccc(N2CCN([C@@H]3CC[C@@H](c4cc5c(c(=O)[nH]4)COCC5)C3)CC2)cn1. The van der Waals surface area contributed by atoms with E-state index < -0.39 is 0 Å². The van der Waals surface area contributed by atoms with Crippen molar-refractivity contribution in [2.24, 2.45) is 0 Å². The van der Waals surface area contributed by atoms with Crippen molar-refractivity contribution in [1.82, 2.24) is 20.2 Å². The second kappa shape index (κ2) is 9.03. The molecule has 4 heterocycles. The van der Waals surface area contributed by atoms with Gasteiger partial charge in [0.25, 0.3) is 11.5 Å². The Morgan fingerprint density at radius 2 is 2.06 bits per heavy atom. The molecule has 2 aliphatic heterocycles. The Kier molecular flexibility index (Phi) is 5.97. The predicted molar refractivity (Wildman–Crippen MR) is 122 cm³/mol. The molecule has 1 saturated carbocycles. The Labute approximate surface area is 188 Å². The van der Waals surface area contributed by atoms with Crippen molar-refractivity contribution in [3.05, 3.63) is 57.3 Å². The molecule has 8 nitrogen and oxygen atoms in total. The van der Waals surface area contributed by atoms with E-state index in [-0.39, 0.29) is 11.5 Å². The number of H-pyrrole nitrogens is 1. The molecule has 32 heavy (non-hydrogen) atoms. The highest BCUT2D eigenvalue weighted by atomic mass is 16.5. The summed E-state index contributed by atoms with van der Waals surface area (Å²) >= 11 is 0. The molecule has 2 N–H and O–H groups in total. The van der Waals surface area contributed by atoms with Crippen LogP contribution in [0.15, 0.2) is 29.2 Å². The molecule has 5 rings (SSSR count). The van der Waals surface area contributed by atoms with Crippen LogP contribution in [0.1, 0.15) is 52.5 Å². The summed E-state index contributed by atoms with van der Waals surface area (Å²) in [6.07, 6.45) is 6.04. The van der Waals surface area contributed by atoms with Gasteiger partial charge in [-0.15, -0.1) is 0 Å². The van der Waals surface area contributed by atoms with Crippen LogP contribution in [0, 0.1) is 0 Å². The van der Waals surface area contributed by atoms with Gasteiger partial charge in [-0.2, -0.15) is 0 Å². The molecule has 2 aromatic rings. The molecule has 2 aromatic heterocycles. The average Bonchev–Trinajstić information content (AvgIpc) is 3.34. The Morgan fingerprint density at radius 1 is 1.22 bits per heavy atom. The molecule has 0 unspecified atom stereocenters. The van der Waals surface area contributed by atoms with Crippen LogP contribution in [0.25, 0.3) is 0 Å². The number of amides is 1. The minimum Gasteiger partial charge on any atom is -0.376 e. The molecule has 0 radical (unpaired) electrons. The Bertz CT molecular complexity index is 1030. The summed E-state index contributed by atoms with van der Waals surface area (Å²) < 4.78 is 5.45. The van der Waals surface area contributed by atoms with Crippen molar-refractivity contribution < 1.29 is 9.53 Å². The normalized spacial score (nSPS) is 23.7. The third-order valence-electron chi connectivity index (χ3n) is 7.26. The highest BCUT2D eigenvalue weighted by molar-refractivity contribution is 5.92. The fraction of sp³-hybridized carbons (Fsp3) is 0.542. The van der Waals surface area contributed by atoms with Gasteiger partial charge in [0, 0.05) is 56.4 Å². The molecular formula is C24H31N5O3. The maximum Gasteiger partial charge on any atom is 0.269 e. The second-order valence-electron chi connectivity index (χ2n) is 9.03. The van der Waals surface area contributed by atoms with Gasteiger partial charge in [0.2, 0.25) is 0 Å². The number of ether oxygens (including phenoxy) is 1. The maximum absolute atomic E-state index is 12.5. The Hall–Kier alpha value is -2.71. The van der Waals surface area contributed by atoms with Crippen LogP contribution in [0.2, 0.25) is 0 Å². The zero-order valence-electron chi connectivity index (χ0n) is 18.6. The van der Waals surface area contributed by atoms with Gasteiger partial charge in [-0.3, -0.25) is 14.5 Å². The summed E-state index contributed by atoms with van der Waals surface area (Å²) in [6.45, 7) is 5.10. The van der Waals surface area contributed by atoms with Crippen molar-refractivity contribution in [2.45, 2.75) is 44.2 Å². The van der Waals surface area contributed by atoms with Gasteiger partial charge < -0.3 is 19.9 Å². The molecule has 0 aromatic carbocycles. The lowest BCUT2D eigenvalue weighted by Crippen LogP contribution is -2.49. The maximum atomic E-state index is 12.5. The van der Waals surface area contributed by atoms with Gasteiger partial charge in [-0.25, -0.2) is 4.98 Å². The number of fused-ring (bicyclic) bond motifs is 1. The fourth-order valence-electron chi connectivity index (χ4n) is 5.37. The van der Waals surface area contributed by atoms with E-state index >= 15 is 0 Å². The zero-order valence-corrected chi connectivity index (χ0v) is 18.6. The van der Waals surface area contributed by atoms with Gasteiger partial charge >= 0.3 is 0 Å². The first-order valence-electron chi connectivity index (χ1n) is 11.6. The van der Waals surface area contributed by atoms with Crippen molar-refractivity contribution in [3.63, 3.8) is 0 Å². The van der Waals surface area contributed by atoms with Crippen LogP contribution in [-0.2, 0) is 17.8 Å². The first-order chi connectivity index (χ1) is 15.6. The summed E-state index contributed by atoms with van der Waals surface area (Å²) in [7, 11) is 1.61. The standard InChI is InChI=1S/C24H31N5O3/c1-25-24(31)21-5-4-19(14-26-21)29-9-7-28(8-10-29)18-3-2-17(12-18)22-13-16-6-11-32-15-20(16)23(30)27-22/h4-5,13-14,17-18H,2-3,6-12,15H2,1H3,(H,25,31)(H,27,30)/t17-,18-/m1/s1. The molecule has 1 saturated heterocycles. The van der Waals surface area contributed by atoms with E-state index in [0.717, 1.165) is 62.4 Å². The minimum absolute atomic E-state index is 0.0327. The minimum atomic E-state index is -0.161. The number of nitrogens with zero attached hydrogens (tertiary/aromatic N) is 3. The quantitative estimate of drug-likeness (QED) is 0.756. The first-order valence-corrected chi connectivity index (χ1v) is 11.6. The largest absolute Gasteiger partial charge is 0.376 e. The lowest BCUT2D eigenvalue weighted by molar-refractivity contribution is 0.0958. The van der Waals surface area contributed by atoms with Gasteiger partial charge in [-0.1, -0.05) is 0 Å². The number of rotatable bonds is 4. The first kappa shape index (κ1) is 21.2. The predicted octanol–water partition coefficient (Wildman–Crippen LogP) is 1.66. The molecule has 2 atom stereocenters. The topological polar surface area (TPSA) is 90.6 Å². The zero-order chi connectivity index (χ0) is 22.1. The molecule has 1 amide bonds. The van der Waals surface area contributed by atoms with E-state index in [9.17, 15) is 9.59 Å². The smallest absolute Gasteiger partial charge is 0.269 e. The third-order valence-corrected chi connectivity index (χ3v) is 7.26. The summed E-state index contributed by atoms with van der Waals surface area (Å²) in [5, 5.41) is 2.60. The van der Waals surface area contributed by atoms with Crippen LogP contribution < -0.4 is 15.8 Å². The van der Waals surface area contributed by atoms with E-state index in [4.69, 9.17) is 4.74 Å². The second-order valence-corrected chi connectivity index (χ2v) is 9.03.